The van der Waals surface area contributed by atoms with Crippen molar-refractivity contribution in [2.45, 2.75) is 27.2 Å². The van der Waals surface area contributed by atoms with Crippen molar-refractivity contribution in [2.75, 3.05) is 39.1 Å². The number of ether oxygens (including phenoxy) is 1. The first-order chi connectivity index (χ1) is 8.83. The van der Waals surface area contributed by atoms with Gasteiger partial charge in [-0.2, -0.15) is 0 Å². The molecule has 0 aromatic carbocycles. The maximum Gasteiger partial charge on any atom is 0.238 e. The zero-order valence-corrected chi connectivity index (χ0v) is 13.1. The molecule has 0 spiro atoms. The summed E-state index contributed by atoms with van der Waals surface area (Å²) >= 11 is 0. The van der Waals surface area contributed by atoms with E-state index in [1.807, 2.05) is 6.92 Å². The van der Waals surface area contributed by atoms with Gasteiger partial charge in [0, 0.05) is 26.1 Å². The second kappa shape index (κ2) is 9.28. The summed E-state index contributed by atoms with van der Waals surface area (Å²) in [6, 6.07) is 0. The molecule has 0 aliphatic carbocycles. The lowest BCUT2D eigenvalue weighted by Gasteiger charge is -2.19. The van der Waals surface area contributed by atoms with Crippen LogP contribution in [-0.4, -0.2) is 57.7 Å². The molecular formula is C12H26N2O4S. The number of rotatable bonds is 10. The van der Waals surface area contributed by atoms with E-state index in [2.05, 4.69) is 5.32 Å². The molecule has 0 saturated carbocycles. The van der Waals surface area contributed by atoms with E-state index in [0.29, 0.717) is 19.6 Å². The van der Waals surface area contributed by atoms with Crippen molar-refractivity contribution < 1.29 is 17.9 Å². The molecule has 0 atom stereocenters. The number of hydrogen-bond acceptors (Lipinski definition) is 5. The number of carbonyl (C=O) groups excluding carboxylic acids is 1. The highest BCUT2D eigenvalue weighted by Gasteiger charge is 2.24. The van der Waals surface area contributed by atoms with E-state index in [1.54, 1.807) is 13.8 Å². The van der Waals surface area contributed by atoms with Crippen LogP contribution >= 0.6 is 0 Å². The van der Waals surface area contributed by atoms with Crippen LogP contribution in [0.25, 0.3) is 0 Å². The number of nitrogens with zero attached hydrogens (tertiary/aromatic N) is 1. The highest BCUT2D eigenvalue weighted by molar-refractivity contribution is 7.89. The molecule has 1 N–H and O–H groups in total. The van der Waals surface area contributed by atoms with Crippen molar-refractivity contribution in [1.82, 2.24) is 9.62 Å². The molecule has 0 radical (unpaired) electrons. The summed E-state index contributed by atoms with van der Waals surface area (Å²) < 4.78 is 29.8. The van der Waals surface area contributed by atoms with Crippen molar-refractivity contribution in [3.63, 3.8) is 0 Å². The minimum atomic E-state index is -3.51. The van der Waals surface area contributed by atoms with Gasteiger partial charge in [0.2, 0.25) is 15.9 Å². The average Bonchev–Trinajstić information content (AvgIpc) is 2.35. The van der Waals surface area contributed by atoms with Crippen LogP contribution in [-0.2, 0) is 19.6 Å². The Labute approximate surface area is 116 Å². The molecule has 114 valence electrons. The molecule has 0 unspecified atom stereocenters. The molecule has 0 fully saturated rings. The number of nitrogens with one attached hydrogen (secondary N) is 1. The number of likely N-dealkylation sites (N-methyl/N-ethyl adjacent to an activating group) is 1. The summed E-state index contributed by atoms with van der Waals surface area (Å²) in [4.78, 5) is 11.6. The summed E-state index contributed by atoms with van der Waals surface area (Å²) in [6.07, 6.45) is 0.393. The first kappa shape index (κ1) is 18.3. The third kappa shape index (κ3) is 7.49. The number of hydrogen-bond donors (Lipinski definition) is 1. The molecule has 0 aliphatic heterocycles. The Kier molecular flexibility index (Phi) is 8.95. The van der Waals surface area contributed by atoms with Crippen LogP contribution in [0.5, 0.6) is 0 Å². The van der Waals surface area contributed by atoms with Gasteiger partial charge in [-0.1, -0.05) is 20.8 Å². The van der Waals surface area contributed by atoms with Gasteiger partial charge in [-0.15, -0.1) is 0 Å². The smallest absolute Gasteiger partial charge is 0.238 e. The van der Waals surface area contributed by atoms with Gasteiger partial charge in [0.25, 0.3) is 0 Å². The van der Waals surface area contributed by atoms with Gasteiger partial charge in [0.05, 0.1) is 12.4 Å². The Morgan fingerprint density at radius 2 is 1.95 bits per heavy atom. The fourth-order valence-corrected chi connectivity index (χ4v) is 2.65. The molecule has 1 amide bonds. The van der Waals surface area contributed by atoms with E-state index in [0.717, 1.165) is 17.4 Å². The number of sulfonamides is 1. The van der Waals surface area contributed by atoms with Crippen LogP contribution in [0.3, 0.4) is 0 Å². The van der Waals surface area contributed by atoms with Crippen LogP contribution in [0.15, 0.2) is 0 Å². The lowest BCUT2D eigenvalue weighted by atomic mass is 10.2. The van der Waals surface area contributed by atoms with E-state index in [4.69, 9.17) is 4.74 Å². The third-order valence-electron chi connectivity index (χ3n) is 2.59. The lowest BCUT2D eigenvalue weighted by molar-refractivity contribution is -0.128. The molecular weight excluding hydrogens is 268 g/mol. The Morgan fingerprint density at radius 3 is 2.47 bits per heavy atom. The van der Waals surface area contributed by atoms with Crippen LogP contribution in [0.4, 0.5) is 0 Å². The van der Waals surface area contributed by atoms with E-state index < -0.39 is 10.0 Å². The summed E-state index contributed by atoms with van der Waals surface area (Å²) in [5.74, 6) is -0.771. The molecule has 0 saturated heterocycles. The van der Waals surface area contributed by atoms with Gasteiger partial charge in [0.1, 0.15) is 0 Å². The van der Waals surface area contributed by atoms with Crippen molar-refractivity contribution >= 4 is 15.9 Å². The highest BCUT2D eigenvalue weighted by atomic mass is 32.2. The van der Waals surface area contributed by atoms with E-state index in [-0.39, 0.29) is 17.6 Å². The predicted octanol–water partition coefficient (Wildman–Crippen LogP) is 0.447. The topological polar surface area (TPSA) is 75.7 Å². The van der Waals surface area contributed by atoms with Crippen molar-refractivity contribution in [3.05, 3.63) is 0 Å². The van der Waals surface area contributed by atoms with Gasteiger partial charge >= 0.3 is 0 Å². The monoisotopic (exact) mass is 294 g/mol. The summed E-state index contributed by atoms with van der Waals surface area (Å²) in [6.45, 7) is 7.96. The third-order valence-corrected chi connectivity index (χ3v) is 4.40. The van der Waals surface area contributed by atoms with Crippen LogP contribution in [0.1, 0.15) is 27.2 Å². The summed E-state index contributed by atoms with van der Waals surface area (Å²) in [7, 11) is -2.20. The van der Waals surface area contributed by atoms with E-state index in [1.165, 1.54) is 7.05 Å². The predicted molar refractivity (Wildman–Crippen MR) is 75.4 cm³/mol. The zero-order valence-electron chi connectivity index (χ0n) is 12.3. The minimum Gasteiger partial charge on any atom is -0.380 e. The Morgan fingerprint density at radius 1 is 1.32 bits per heavy atom. The normalized spacial score (nSPS) is 11.8. The maximum absolute atomic E-state index is 11.8. The van der Waals surface area contributed by atoms with Gasteiger partial charge in [-0.3, -0.25) is 4.79 Å². The molecule has 7 heteroatoms. The lowest BCUT2D eigenvalue weighted by Crippen LogP contribution is -2.37. The molecule has 0 aromatic heterocycles. The maximum atomic E-state index is 11.8. The molecule has 0 rings (SSSR count). The van der Waals surface area contributed by atoms with Gasteiger partial charge in [-0.05, 0) is 13.0 Å². The quantitative estimate of drug-likeness (QED) is 0.592. The number of amides is 1. The first-order valence-electron chi connectivity index (χ1n) is 6.61. The largest absolute Gasteiger partial charge is 0.380 e. The van der Waals surface area contributed by atoms with E-state index >= 15 is 0 Å². The summed E-state index contributed by atoms with van der Waals surface area (Å²) in [5.41, 5.74) is 0. The first-order valence-corrected chi connectivity index (χ1v) is 8.22. The molecule has 19 heavy (non-hydrogen) atoms. The average molecular weight is 294 g/mol. The van der Waals surface area contributed by atoms with Crippen molar-refractivity contribution in [2.24, 2.45) is 5.92 Å². The second-order valence-electron chi connectivity index (χ2n) is 4.60. The second-order valence-corrected chi connectivity index (χ2v) is 6.72. The summed E-state index contributed by atoms with van der Waals surface area (Å²) in [5, 5.41) is 3.10. The molecule has 0 heterocycles. The van der Waals surface area contributed by atoms with Crippen LogP contribution in [0.2, 0.25) is 0 Å². The fourth-order valence-electron chi connectivity index (χ4n) is 1.40. The Hall–Kier alpha value is -0.660. The highest BCUT2D eigenvalue weighted by Crippen LogP contribution is 2.06. The molecule has 0 aliphatic rings. The molecule has 6 nitrogen and oxygen atoms in total. The van der Waals surface area contributed by atoms with E-state index in [9.17, 15) is 13.2 Å². The van der Waals surface area contributed by atoms with Gasteiger partial charge in [0.15, 0.2) is 0 Å². The molecule has 0 bridgehead atoms. The minimum absolute atomic E-state index is 0.0663. The van der Waals surface area contributed by atoms with Crippen LogP contribution in [0, 0.1) is 5.92 Å². The standard InChI is InChI=1S/C12H26N2O4S/c1-5-13-7-9-18-8-6-10-19(16,17)14(4)12(15)11(2)3/h11,13H,5-10H2,1-4H3. The molecule has 0 aromatic rings. The Bertz CT molecular complexity index is 355. The zero-order chi connectivity index (χ0) is 14.9. The van der Waals surface area contributed by atoms with Gasteiger partial charge in [-0.25, -0.2) is 12.7 Å². The number of carbonyl (C=O) groups is 1. The van der Waals surface area contributed by atoms with Crippen molar-refractivity contribution in [1.29, 1.82) is 0 Å². The van der Waals surface area contributed by atoms with Crippen molar-refractivity contribution in [3.8, 4) is 0 Å². The Balaban J connectivity index is 3.95. The van der Waals surface area contributed by atoms with Crippen LogP contribution < -0.4 is 5.32 Å². The fraction of sp³-hybridized carbons (Fsp3) is 0.917. The van der Waals surface area contributed by atoms with Gasteiger partial charge < -0.3 is 10.1 Å². The SMILES string of the molecule is CCNCCOCCCS(=O)(=O)N(C)C(=O)C(C)C.